The molecule has 0 aliphatic carbocycles. The molecular formula is C22H20N2O5S. The molecule has 0 fully saturated rings. The standard InChI is InChI=1S/C22H20N2O5S/c1-2-28-17-9-11-18(12-10-17)30(26,27)24-16-8-13-20-19(14-16)23-22(25)21(29-20)15-6-4-3-5-7-15/h3-14,21,24H,2H2,1H3,(H,23,25). The van der Waals surface area contributed by atoms with E-state index in [9.17, 15) is 13.2 Å². The Hall–Kier alpha value is -3.52. The zero-order valence-electron chi connectivity index (χ0n) is 16.2. The molecular weight excluding hydrogens is 404 g/mol. The Labute approximate surface area is 174 Å². The lowest BCUT2D eigenvalue weighted by atomic mass is 10.1. The van der Waals surface area contributed by atoms with Gasteiger partial charge in [0.05, 0.1) is 22.9 Å². The van der Waals surface area contributed by atoms with Crippen LogP contribution in [0.4, 0.5) is 11.4 Å². The van der Waals surface area contributed by atoms with E-state index in [0.717, 1.165) is 5.56 Å². The largest absolute Gasteiger partial charge is 0.494 e. The number of ether oxygens (including phenoxy) is 2. The second-order valence-corrected chi connectivity index (χ2v) is 8.30. The van der Waals surface area contributed by atoms with E-state index in [0.29, 0.717) is 29.5 Å². The van der Waals surface area contributed by atoms with E-state index in [1.165, 1.54) is 18.2 Å². The molecule has 2 N–H and O–H groups in total. The first-order chi connectivity index (χ1) is 14.5. The molecule has 1 heterocycles. The van der Waals surface area contributed by atoms with Gasteiger partial charge < -0.3 is 14.8 Å². The molecule has 0 radical (unpaired) electrons. The number of hydrogen-bond donors (Lipinski definition) is 2. The molecule has 0 saturated heterocycles. The average molecular weight is 424 g/mol. The van der Waals surface area contributed by atoms with Gasteiger partial charge in [-0.25, -0.2) is 8.42 Å². The highest BCUT2D eigenvalue weighted by atomic mass is 32.2. The van der Waals surface area contributed by atoms with Crippen LogP contribution in [0.3, 0.4) is 0 Å². The van der Waals surface area contributed by atoms with Crippen LogP contribution in [0.15, 0.2) is 77.7 Å². The smallest absolute Gasteiger partial charge is 0.270 e. The van der Waals surface area contributed by atoms with Gasteiger partial charge in [0.25, 0.3) is 15.9 Å². The van der Waals surface area contributed by atoms with Crippen molar-refractivity contribution in [2.24, 2.45) is 0 Å². The Balaban J connectivity index is 1.53. The van der Waals surface area contributed by atoms with E-state index in [1.54, 1.807) is 24.3 Å². The zero-order valence-corrected chi connectivity index (χ0v) is 17.0. The lowest BCUT2D eigenvalue weighted by molar-refractivity contribution is -0.123. The van der Waals surface area contributed by atoms with E-state index in [-0.39, 0.29) is 10.8 Å². The maximum Gasteiger partial charge on any atom is 0.270 e. The Morgan fingerprint density at radius 3 is 2.47 bits per heavy atom. The molecule has 0 bridgehead atoms. The molecule has 0 spiro atoms. The second-order valence-electron chi connectivity index (χ2n) is 6.62. The highest BCUT2D eigenvalue weighted by Gasteiger charge is 2.29. The maximum absolute atomic E-state index is 12.7. The van der Waals surface area contributed by atoms with Crippen LogP contribution in [0.25, 0.3) is 0 Å². The number of sulfonamides is 1. The topological polar surface area (TPSA) is 93.7 Å². The van der Waals surface area contributed by atoms with Crippen LogP contribution in [-0.4, -0.2) is 20.9 Å². The molecule has 1 aliphatic heterocycles. The van der Waals surface area contributed by atoms with E-state index in [1.807, 2.05) is 37.3 Å². The van der Waals surface area contributed by atoms with Gasteiger partial charge in [-0.05, 0) is 49.4 Å². The predicted octanol–water partition coefficient (Wildman–Crippen LogP) is 3.96. The number of fused-ring (bicyclic) bond motifs is 1. The van der Waals surface area contributed by atoms with Gasteiger partial charge in [0.15, 0.2) is 0 Å². The number of amides is 1. The first-order valence-corrected chi connectivity index (χ1v) is 10.9. The molecule has 0 aromatic heterocycles. The van der Waals surface area contributed by atoms with Crippen molar-refractivity contribution in [1.82, 2.24) is 0 Å². The van der Waals surface area contributed by atoms with Crippen molar-refractivity contribution >= 4 is 27.3 Å². The van der Waals surface area contributed by atoms with Crippen LogP contribution in [0, 0.1) is 0 Å². The minimum Gasteiger partial charge on any atom is -0.494 e. The number of carbonyl (C=O) groups is 1. The molecule has 4 rings (SSSR count). The summed E-state index contributed by atoms with van der Waals surface area (Å²) in [7, 11) is -3.80. The van der Waals surface area contributed by atoms with Gasteiger partial charge in [0.2, 0.25) is 6.10 Å². The van der Waals surface area contributed by atoms with Gasteiger partial charge in [0.1, 0.15) is 11.5 Å². The highest BCUT2D eigenvalue weighted by molar-refractivity contribution is 7.92. The van der Waals surface area contributed by atoms with Gasteiger partial charge in [-0.1, -0.05) is 30.3 Å². The summed E-state index contributed by atoms with van der Waals surface area (Å²) in [5.41, 5.74) is 1.45. The molecule has 1 atom stereocenters. The molecule has 7 nitrogen and oxygen atoms in total. The van der Waals surface area contributed by atoms with E-state index >= 15 is 0 Å². The SMILES string of the molecule is CCOc1ccc(S(=O)(=O)Nc2ccc3c(c2)NC(=O)C(c2ccccc2)O3)cc1. The van der Waals surface area contributed by atoms with Gasteiger partial charge in [-0.3, -0.25) is 9.52 Å². The highest BCUT2D eigenvalue weighted by Crippen LogP contribution is 2.37. The number of anilines is 2. The quantitative estimate of drug-likeness (QED) is 0.625. The fourth-order valence-electron chi connectivity index (χ4n) is 3.12. The lowest BCUT2D eigenvalue weighted by Gasteiger charge is -2.26. The van der Waals surface area contributed by atoms with Crippen LogP contribution < -0.4 is 19.5 Å². The van der Waals surface area contributed by atoms with Gasteiger partial charge >= 0.3 is 0 Å². The first kappa shape index (κ1) is 19.8. The molecule has 3 aromatic carbocycles. The summed E-state index contributed by atoms with van der Waals surface area (Å²) in [5.74, 6) is 0.741. The van der Waals surface area contributed by atoms with Crippen molar-refractivity contribution in [3.8, 4) is 11.5 Å². The maximum atomic E-state index is 12.7. The number of rotatable bonds is 6. The minimum atomic E-state index is -3.80. The number of nitrogens with one attached hydrogen (secondary N) is 2. The molecule has 3 aromatic rings. The molecule has 8 heteroatoms. The van der Waals surface area contributed by atoms with Gasteiger partial charge in [-0.15, -0.1) is 0 Å². The van der Waals surface area contributed by atoms with Gasteiger partial charge in [-0.2, -0.15) is 0 Å². The van der Waals surface area contributed by atoms with Crippen LogP contribution in [0.5, 0.6) is 11.5 Å². The Morgan fingerprint density at radius 2 is 1.77 bits per heavy atom. The third kappa shape index (κ3) is 4.08. The van der Waals surface area contributed by atoms with Crippen LogP contribution >= 0.6 is 0 Å². The summed E-state index contributed by atoms with van der Waals surface area (Å²) < 4.78 is 39.0. The van der Waals surface area contributed by atoms with Crippen molar-refractivity contribution in [2.45, 2.75) is 17.9 Å². The summed E-state index contributed by atoms with van der Waals surface area (Å²) in [6.45, 7) is 2.35. The fourth-order valence-corrected chi connectivity index (χ4v) is 4.17. The Bertz CT molecular complexity index is 1160. The fraction of sp³-hybridized carbons (Fsp3) is 0.136. The van der Waals surface area contributed by atoms with Crippen molar-refractivity contribution < 1.29 is 22.7 Å². The van der Waals surface area contributed by atoms with Crippen LogP contribution in [0.1, 0.15) is 18.6 Å². The number of hydrogen-bond acceptors (Lipinski definition) is 5. The summed E-state index contributed by atoms with van der Waals surface area (Å²) in [6, 6.07) is 20.0. The predicted molar refractivity (Wildman–Crippen MR) is 113 cm³/mol. The van der Waals surface area contributed by atoms with Crippen molar-refractivity contribution in [1.29, 1.82) is 0 Å². The minimum absolute atomic E-state index is 0.105. The van der Waals surface area contributed by atoms with Crippen molar-refractivity contribution in [3.63, 3.8) is 0 Å². The van der Waals surface area contributed by atoms with Crippen LogP contribution in [-0.2, 0) is 14.8 Å². The Morgan fingerprint density at radius 1 is 1.03 bits per heavy atom. The normalized spacial score (nSPS) is 15.5. The molecule has 1 unspecified atom stereocenters. The summed E-state index contributed by atoms with van der Waals surface area (Å²) >= 11 is 0. The van der Waals surface area contributed by atoms with E-state index in [4.69, 9.17) is 9.47 Å². The molecule has 154 valence electrons. The van der Waals surface area contributed by atoms with Gasteiger partial charge in [0, 0.05) is 5.56 Å². The molecule has 1 aliphatic rings. The third-order valence-corrected chi connectivity index (χ3v) is 5.92. The van der Waals surface area contributed by atoms with Crippen molar-refractivity contribution in [3.05, 3.63) is 78.4 Å². The van der Waals surface area contributed by atoms with E-state index < -0.39 is 16.1 Å². The van der Waals surface area contributed by atoms with Crippen molar-refractivity contribution in [2.75, 3.05) is 16.6 Å². The number of carbonyl (C=O) groups excluding carboxylic acids is 1. The Kier molecular flexibility index (Phi) is 5.33. The molecule has 30 heavy (non-hydrogen) atoms. The van der Waals surface area contributed by atoms with Crippen LogP contribution in [0.2, 0.25) is 0 Å². The number of benzene rings is 3. The lowest BCUT2D eigenvalue weighted by Crippen LogP contribution is -2.30. The molecule has 1 amide bonds. The second kappa shape index (κ2) is 8.08. The average Bonchev–Trinajstić information content (AvgIpc) is 2.74. The monoisotopic (exact) mass is 424 g/mol. The summed E-state index contributed by atoms with van der Waals surface area (Å²) in [5, 5.41) is 2.78. The van der Waals surface area contributed by atoms with E-state index in [2.05, 4.69) is 10.0 Å². The molecule has 0 saturated carbocycles. The zero-order chi connectivity index (χ0) is 21.1. The summed E-state index contributed by atoms with van der Waals surface area (Å²) in [6.07, 6.45) is -0.759. The third-order valence-electron chi connectivity index (χ3n) is 4.52. The summed E-state index contributed by atoms with van der Waals surface area (Å²) in [4.78, 5) is 12.6. The first-order valence-electron chi connectivity index (χ1n) is 9.38.